The summed E-state index contributed by atoms with van der Waals surface area (Å²) < 4.78 is 53.4. The lowest BCUT2D eigenvalue weighted by Crippen LogP contribution is -2.59. The average molecular weight is 428 g/mol. The fourth-order valence-electron chi connectivity index (χ4n) is 3.58. The summed E-state index contributed by atoms with van der Waals surface area (Å²) in [4.78, 5) is 6.18. The van der Waals surface area contributed by atoms with Crippen LogP contribution in [-0.4, -0.2) is 67.8 Å². The molecule has 0 radical (unpaired) electrons. The standard InChI is InChI=1S/C18H22FN3O4S2/c19-15-4-1-2-5-16(15)28(23,24)22-8-10-26-18(14-22)13-21(7-3-9-25-18)12-17-20-6-11-27-17/h1-2,4-6,11H,3,7-10,12-14H2. The summed E-state index contributed by atoms with van der Waals surface area (Å²) in [5.41, 5.74) is 0. The lowest BCUT2D eigenvalue weighted by Gasteiger charge is -2.42. The van der Waals surface area contributed by atoms with Gasteiger partial charge in [-0.3, -0.25) is 4.90 Å². The molecule has 0 aliphatic carbocycles. The minimum atomic E-state index is -3.98. The van der Waals surface area contributed by atoms with Crippen LogP contribution in [0.3, 0.4) is 0 Å². The van der Waals surface area contributed by atoms with Gasteiger partial charge >= 0.3 is 0 Å². The second-order valence-corrected chi connectivity index (χ2v) is 9.75. The lowest BCUT2D eigenvalue weighted by molar-refractivity contribution is -0.257. The molecule has 2 saturated heterocycles. The molecular weight excluding hydrogens is 405 g/mol. The molecule has 0 N–H and O–H groups in total. The van der Waals surface area contributed by atoms with Gasteiger partial charge in [-0.25, -0.2) is 17.8 Å². The molecule has 10 heteroatoms. The maximum Gasteiger partial charge on any atom is 0.246 e. The van der Waals surface area contributed by atoms with Crippen molar-refractivity contribution in [1.29, 1.82) is 0 Å². The van der Waals surface area contributed by atoms with Crippen LogP contribution in [0.15, 0.2) is 40.7 Å². The third-order valence-corrected chi connectivity index (χ3v) is 7.51. The number of hydrogen-bond acceptors (Lipinski definition) is 7. The summed E-state index contributed by atoms with van der Waals surface area (Å²) >= 11 is 1.58. The van der Waals surface area contributed by atoms with Crippen molar-refractivity contribution in [3.05, 3.63) is 46.7 Å². The maximum atomic E-state index is 14.1. The third kappa shape index (κ3) is 4.12. The van der Waals surface area contributed by atoms with E-state index < -0.39 is 21.6 Å². The van der Waals surface area contributed by atoms with Crippen LogP contribution in [0.2, 0.25) is 0 Å². The van der Waals surface area contributed by atoms with E-state index in [2.05, 4.69) is 9.88 Å². The Hall–Kier alpha value is -1.43. The highest BCUT2D eigenvalue weighted by molar-refractivity contribution is 7.89. The van der Waals surface area contributed by atoms with Gasteiger partial charge in [0.05, 0.1) is 32.8 Å². The molecular formula is C18H22FN3O4S2. The minimum Gasteiger partial charge on any atom is -0.347 e. The van der Waals surface area contributed by atoms with Crippen molar-refractivity contribution in [2.75, 3.05) is 39.4 Å². The smallest absolute Gasteiger partial charge is 0.246 e. The van der Waals surface area contributed by atoms with E-state index in [0.717, 1.165) is 24.0 Å². The Morgan fingerprint density at radius 2 is 2.00 bits per heavy atom. The fourth-order valence-corrected chi connectivity index (χ4v) is 5.76. The molecule has 0 bridgehead atoms. The van der Waals surface area contributed by atoms with E-state index in [1.807, 2.05) is 5.38 Å². The van der Waals surface area contributed by atoms with Gasteiger partial charge in [0.2, 0.25) is 10.0 Å². The van der Waals surface area contributed by atoms with Crippen molar-refractivity contribution in [3.63, 3.8) is 0 Å². The first kappa shape index (κ1) is 19.9. The highest BCUT2D eigenvalue weighted by Gasteiger charge is 2.44. The molecule has 0 saturated carbocycles. The van der Waals surface area contributed by atoms with Crippen LogP contribution >= 0.6 is 11.3 Å². The van der Waals surface area contributed by atoms with Crippen LogP contribution in [0.5, 0.6) is 0 Å². The van der Waals surface area contributed by atoms with E-state index in [1.54, 1.807) is 17.5 Å². The molecule has 1 aromatic carbocycles. The number of hydrogen-bond donors (Lipinski definition) is 0. The van der Waals surface area contributed by atoms with Gasteiger partial charge in [0.1, 0.15) is 15.7 Å². The summed E-state index contributed by atoms with van der Waals surface area (Å²) in [6, 6.07) is 5.43. The first-order valence-corrected chi connectivity index (χ1v) is 11.4. The third-order valence-electron chi connectivity index (χ3n) is 4.87. The molecule has 4 rings (SSSR count). The molecule has 7 nitrogen and oxygen atoms in total. The Bertz CT molecular complexity index is 909. The summed E-state index contributed by atoms with van der Waals surface area (Å²) in [5.74, 6) is -1.82. The summed E-state index contributed by atoms with van der Waals surface area (Å²) in [5, 5.41) is 2.92. The van der Waals surface area contributed by atoms with Crippen LogP contribution in [-0.2, 0) is 26.0 Å². The van der Waals surface area contributed by atoms with Crippen LogP contribution in [0.1, 0.15) is 11.4 Å². The molecule has 28 heavy (non-hydrogen) atoms. The van der Waals surface area contributed by atoms with Crippen LogP contribution in [0.4, 0.5) is 4.39 Å². The lowest BCUT2D eigenvalue weighted by atomic mass is 10.2. The SMILES string of the molecule is O=S(=O)(c1ccccc1F)N1CCOC2(CN(Cc3nccs3)CCCO2)C1. The summed E-state index contributed by atoms with van der Waals surface area (Å²) in [7, 11) is -3.98. The van der Waals surface area contributed by atoms with Gasteiger partial charge in [-0.15, -0.1) is 11.3 Å². The molecule has 1 unspecified atom stereocenters. The largest absolute Gasteiger partial charge is 0.347 e. The normalized spacial score (nSPS) is 25.0. The van der Waals surface area contributed by atoms with Gasteiger partial charge in [-0.1, -0.05) is 12.1 Å². The molecule has 0 amide bonds. The van der Waals surface area contributed by atoms with E-state index in [-0.39, 0.29) is 24.6 Å². The quantitative estimate of drug-likeness (QED) is 0.743. The molecule has 1 atom stereocenters. The van der Waals surface area contributed by atoms with Crippen molar-refractivity contribution in [2.24, 2.45) is 0 Å². The molecule has 3 heterocycles. The number of nitrogens with zero attached hydrogens (tertiary/aromatic N) is 3. The van der Waals surface area contributed by atoms with E-state index in [4.69, 9.17) is 9.47 Å². The first-order valence-electron chi connectivity index (χ1n) is 9.12. The molecule has 2 fully saturated rings. The number of ether oxygens (including phenoxy) is 2. The van der Waals surface area contributed by atoms with Crippen LogP contribution < -0.4 is 0 Å². The number of benzene rings is 1. The highest BCUT2D eigenvalue weighted by atomic mass is 32.2. The molecule has 1 spiro atoms. The second-order valence-electron chi connectivity index (χ2n) is 6.87. The van der Waals surface area contributed by atoms with Gasteiger partial charge in [0, 0.05) is 24.7 Å². The first-order chi connectivity index (χ1) is 13.5. The maximum absolute atomic E-state index is 14.1. The van der Waals surface area contributed by atoms with Crippen molar-refractivity contribution < 1.29 is 22.3 Å². The van der Waals surface area contributed by atoms with Crippen molar-refractivity contribution >= 4 is 21.4 Å². The topological polar surface area (TPSA) is 72.0 Å². The number of rotatable bonds is 4. The highest BCUT2D eigenvalue weighted by Crippen LogP contribution is 2.29. The minimum absolute atomic E-state index is 0.0258. The average Bonchev–Trinajstić information content (AvgIpc) is 3.11. The predicted octanol–water partition coefficient (Wildman–Crippen LogP) is 1.92. The van der Waals surface area contributed by atoms with E-state index in [1.165, 1.54) is 22.5 Å². The van der Waals surface area contributed by atoms with E-state index >= 15 is 0 Å². The summed E-state index contributed by atoms with van der Waals surface area (Å²) in [6.07, 6.45) is 2.58. The monoisotopic (exact) mass is 427 g/mol. The second kappa shape index (κ2) is 8.13. The Labute approximate surface area is 167 Å². The zero-order valence-corrected chi connectivity index (χ0v) is 16.9. The van der Waals surface area contributed by atoms with Gasteiger partial charge in [-0.2, -0.15) is 4.31 Å². The Morgan fingerprint density at radius 1 is 1.18 bits per heavy atom. The van der Waals surface area contributed by atoms with Gasteiger partial charge < -0.3 is 9.47 Å². The molecule has 2 aliphatic heterocycles. The van der Waals surface area contributed by atoms with Gasteiger partial charge in [0.15, 0.2) is 5.79 Å². The zero-order valence-electron chi connectivity index (χ0n) is 15.3. The summed E-state index contributed by atoms with van der Waals surface area (Å²) in [6.45, 7) is 2.75. The molecule has 1 aromatic heterocycles. The predicted molar refractivity (Wildman–Crippen MR) is 102 cm³/mol. The number of morpholine rings is 1. The Balaban J connectivity index is 1.55. The zero-order chi connectivity index (χ0) is 19.6. The number of sulfonamides is 1. The van der Waals surface area contributed by atoms with E-state index in [0.29, 0.717) is 19.7 Å². The van der Waals surface area contributed by atoms with Gasteiger partial charge in [0.25, 0.3) is 0 Å². The van der Waals surface area contributed by atoms with Gasteiger partial charge in [-0.05, 0) is 18.6 Å². The number of aromatic nitrogens is 1. The van der Waals surface area contributed by atoms with Crippen LogP contribution in [0.25, 0.3) is 0 Å². The molecule has 152 valence electrons. The molecule has 2 aliphatic rings. The van der Waals surface area contributed by atoms with Crippen molar-refractivity contribution in [1.82, 2.24) is 14.2 Å². The number of halogens is 1. The Morgan fingerprint density at radius 3 is 2.79 bits per heavy atom. The van der Waals surface area contributed by atoms with Crippen molar-refractivity contribution in [2.45, 2.75) is 23.6 Å². The van der Waals surface area contributed by atoms with E-state index in [9.17, 15) is 12.8 Å². The van der Waals surface area contributed by atoms with Crippen molar-refractivity contribution in [3.8, 4) is 0 Å². The fraction of sp³-hybridized carbons (Fsp3) is 0.500. The number of thiazole rings is 1. The Kier molecular flexibility index (Phi) is 5.77. The van der Waals surface area contributed by atoms with Crippen LogP contribution in [0, 0.1) is 5.82 Å². The molecule has 2 aromatic rings.